The Morgan fingerprint density at radius 3 is 2.54 bits per heavy atom. The summed E-state index contributed by atoms with van der Waals surface area (Å²) in [5, 5.41) is 6.60. The zero-order valence-electron chi connectivity index (χ0n) is 15.9. The van der Waals surface area contributed by atoms with Gasteiger partial charge in [0.05, 0.1) is 12.3 Å². The second-order valence-electron chi connectivity index (χ2n) is 6.18. The number of carbonyl (C=O) groups excluding carboxylic acids is 2. The predicted octanol–water partition coefficient (Wildman–Crippen LogP) is 4.24. The van der Waals surface area contributed by atoms with Gasteiger partial charge in [-0.25, -0.2) is 15.0 Å². The number of hydrogen-bond donors (Lipinski definition) is 2. The van der Waals surface area contributed by atoms with Crippen LogP contribution in [0.1, 0.15) is 25.0 Å². The fourth-order valence-electron chi connectivity index (χ4n) is 2.14. The van der Waals surface area contributed by atoms with E-state index in [0.29, 0.717) is 11.4 Å². The van der Waals surface area contributed by atoms with Gasteiger partial charge in [0, 0.05) is 10.2 Å². The van der Waals surface area contributed by atoms with Crippen LogP contribution in [0.15, 0.2) is 52.0 Å². The Morgan fingerprint density at radius 2 is 1.89 bits per heavy atom. The first-order valence-corrected chi connectivity index (χ1v) is 9.41. The van der Waals surface area contributed by atoms with Gasteiger partial charge in [0.25, 0.3) is 0 Å². The average Bonchev–Trinajstić information content (AvgIpc) is 2.63. The Morgan fingerprint density at radius 1 is 1.18 bits per heavy atom. The molecule has 0 aliphatic carbocycles. The van der Waals surface area contributed by atoms with Crippen molar-refractivity contribution in [2.75, 3.05) is 11.9 Å². The molecule has 0 aromatic heterocycles. The van der Waals surface area contributed by atoms with Gasteiger partial charge in [0.15, 0.2) is 6.61 Å². The number of benzene rings is 2. The highest BCUT2D eigenvalue weighted by Crippen LogP contribution is 2.19. The maximum atomic E-state index is 11.9. The van der Waals surface area contributed by atoms with Crippen LogP contribution in [0.3, 0.4) is 0 Å². The van der Waals surface area contributed by atoms with E-state index in [1.807, 2.05) is 19.1 Å². The minimum atomic E-state index is -0.443. The van der Waals surface area contributed by atoms with Crippen molar-refractivity contribution in [1.82, 2.24) is 5.43 Å². The Hall–Kier alpha value is -2.87. The molecule has 0 aliphatic heterocycles. The van der Waals surface area contributed by atoms with Crippen LogP contribution < -0.4 is 15.5 Å². The Kier molecular flexibility index (Phi) is 8.01. The molecule has 0 saturated heterocycles. The SMILES string of the molecule is Cc1cc(NC(=O)N/N=C/c2ccc(OCC(=O)OC(C)C)cc2)ccc1Br. The van der Waals surface area contributed by atoms with Crippen LogP contribution in [0.5, 0.6) is 5.75 Å². The van der Waals surface area contributed by atoms with E-state index in [1.165, 1.54) is 6.21 Å². The fraction of sp³-hybridized carbons (Fsp3) is 0.250. The minimum Gasteiger partial charge on any atom is -0.482 e. The number of urea groups is 1. The van der Waals surface area contributed by atoms with Crippen molar-refractivity contribution in [2.45, 2.75) is 26.9 Å². The molecule has 0 bridgehead atoms. The summed E-state index contributed by atoms with van der Waals surface area (Å²) in [7, 11) is 0. The number of ether oxygens (including phenoxy) is 2. The van der Waals surface area contributed by atoms with E-state index < -0.39 is 12.0 Å². The highest BCUT2D eigenvalue weighted by Gasteiger charge is 2.06. The van der Waals surface area contributed by atoms with Crippen molar-refractivity contribution in [2.24, 2.45) is 5.10 Å². The lowest BCUT2D eigenvalue weighted by Gasteiger charge is -2.09. The van der Waals surface area contributed by atoms with Gasteiger partial charge in [0.1, 0.15) is 5.75 Å². The van der Waals surface area contributed by atoms with Crippen LogP contribution >= 0.6 is 15.9 Å². The second kappa shape index (κ2) is 10.5. The normalized spacial score (nSPS) is 10.8. The van der Waals surface area contributed by atoms with Gasteiger partial charge < -0.3 is 14.8 Å². The van der Waals surface area contributed by atoms with Gasteiger partial charge in [-0.15, -0.1) is 0 Å². The lowest BCUT2D eigenvalue weighted by molar-refractivity contribution is -0.149. The van der Waals surface area contributed by atoms with Gasteiger partial charge in [-0.3, -0.25) is 0 Å². The number of carbonyl (C=O) groups is 2. The molecule has 0 heterocycles. The molecule has 0 aliphatic rings. The smallest absolute Gasteiger partial charge is 0.344 e. The number of nitrogens with zero attached hydrogens (tertiary/aromatic N) is 1. The van der Waals surface area contributed by atoms with E-state index in [4.69, 9.17) is 9.47 Å². The average molecular weight is 448 g/mol. The van der Waals surface area contributed by atoms with Crippen LogP contribution in [-0.2, 0) is 9.53 Å². The topological polar surface area (TPSA) is 89.0 Å². The number of nitrogens with one attached hydrogen (secondary N) is 2. The summed E-state index contributed by atoms with van der Waals surface area (Å²) in [6, 6.07) is 12.0. The first-order valence-electron chi connectivity index (χ1n) is 8.62. The monoisotopic (exact) mass is 447 g/mol. The molecule has 0 spiro atoms. The summed E-state index contributed by atoms with van der Waals surface area (Å²) in [6.45, 7) is 5.34. The number of hydrazone groups is 1. The fourth-order valence-corrected chi connectivity index (χ4v) is 2.38. The van der Waals surface area contributed by atoms with E-state index >= 15 is 0 Å². The van der Waals surface area contributed by atoms with Crippen molar-refractivity contribution in [1.29, 1.82) is 0 Å². The summed E-state index contributed by atoms with van der Waals surface area (Å²) in [4.78, 5) is 23.3. The van der Waals surface area contributed by atoms with Crippen molar-refractivity contribution in [3.05, 3.63) is 58.1 Å². The number of anilines is 1. The van der Waals surface area contributed by atoms with E-state index in [-0.39, 0.29) is 12.7 Å². The molecule has 2 aromatic rings. The molecule has 0 unspecified atom stereocenters. The maximum absolute atomic E-state index is 11.9. The van der Waals surface area contributed by atoms with Crippen LogP contribution in [0.2, 0.25) is 0 Å². The molecule has 0 saturated carbocycles. The third-order valence-electron chi connectivity index (χ3n) is 3.40. The predicted molar refractivity (Wildman–Crippen MR) is 112 cm³/mol. The van der Waals surface area contributed by atoms with Gasteiger partial charge in [-0.05, 0) is 74.4 Å². The molecule has 0 atom stereocenters. The zero-order valence-corrected chi connectivity index (χ0v) is 17.4. The number of esters is 1. The number of halogens is 1. The summed E-state index contributed by atoms with van der Waals surface area (Å²) in [6.07, 6.45) is 1.33. The van der Waals surface area contributed by atoms with Gasteiger partial charge in [-0.2, -0.15) is 5.10 Å². The van der Waals surface area contributed by atoms with Crippen LogP contribution in [0.4, 0.5) is 10.5 Å². The second-order valence-corrected chi connectivity index (χ2v) is 7.04. The minimum absolute atomic E-state index is 0.150. The zero-order chi connectivity index (χ0) is 20.5. The molecule has 0 fully saturated rings. The first-order chi connectivity index (χ1) is 13.3. The Labute approximate surface area is 172 Å². The molecule has 2 N–H and O–H groups in total. The van der Waals surface area contributed by atoms with E-state index in [9.17, 15) is 9.59 Å². The first kappa shape index (κ1) is 21.4. The largest absolute Gasteiger partial charge is 0.482 e. The lowest BCUT2D eigenvalue weighted by Crippen LogP contribution is -2.24. The molecule has 2 amide bonds. The van der Waals surface area contributed by atoms with Gasteiger partial charge in [-0.1, -0.05) is 15.9 Å². The summed E-state index contributed by atoms with van der Waals surface area (Å²) >= 11 is 3.41. The molecule has 148 valence electrons. The van der Waals surface area contributed by atoms with E-state index in [0.717, 1.165) is 15.6 Å². The van der Waals surface area contributed by atoms with Crippen LogP contribution in [0, 0.1) is 6.92 Å². The van der Waals surface area contributed by atoms with E-state index in [2.05, 4.69) is 31.8 Å². The Bertz CT molecular complexity index is 851. The number of rotatable bonds is 7. The molecule has 0 radical (unpaired) electrons. The maximum Gasteiger partial charge on any atom is 0.344 e. The third-order valence-corrected chi connectivity index (χ3v) is 4.29. The number of hydrogen-bond acceptors (Lipinski definition) is 5. The van der Waals surface area contributed by atoms with Crippen molar-refractivity contribution in [3.63, 3.8) is 0 Å². The highest BCUT2D eigenvalue weighted by atomic mass is 79.9. The Balaban J connectivity index is 1.79. The molecular formula is C20H22BrN3O4. The molecule has 8 heteroatoms. The molecule has 2 rings (SSSR count). The lowest BCUT2D eigenvalue weighted by atomic mass is 10.2. The molecule has 2 aromatic carbocycles. The summed E-state index contributed by atoms with van der Waals surface area (Å²) in [5.74, 6) is 0.117. The van der Waals surface area contributed by atoms with Crippen molar-refractivity contribution >= 4 is 39.8 Å². The van der Waals surface area contributed by atoms with Crippen LogP contribution in [-0.4, -0.2) is 30.9 Å². The van der Waals surface area contributed by atoms with Crippen molar-refractivity contribution in [3.8, 4) is 5.75 Å². The highest BCUT2D eigenvalue weighted by molar-refractivity contribution is 9.10. The quantitative estimate of drug-likeness (QED) is 0.377. The van der Waals surface area contributed by atoms with Gasteiger partial charge in [0.2, 0.25) is 0 Å². The number of aryl methyl sites for hydroxylation is 1. The summed E-state index contributed by atoms with van der Waals surface area (Å²) < 4.78 is 11.3. The van der Waals surface area contributed by atoms with E-state index in [1.54, 1.807) is 44.2 Å². The standard InChI is InChI=1S/C20H22BrN3O4/c1-13(2)28-19(25)12-27-17-7-4-15(5-8-17)11-22-24-20(26)23-16-6-9-18(21)14(3)10-16/h4-11,13H,12H2,1-3H3,(H2,23,24,26)/b22-11+. The van der Waals surface area contributed by atoms with Crippen molar-refractivity contribution < 1.29 is 19.1 Å². The molecular weight excluding hydrogens is 426 g/mol. The molecule has 28 heavy (non-hydrogen) atoms. The summed E-state index contributed by atoms with van der Waals surface area (Å²) in [5.41, 5.74) is 4.85. The molecule has 7 nitrogen and oxygen atoms in total. The number of amides is 2. The third kappa shape index (κ3) is 7.40. The van der Waals surface area contributed by atoms with Gasteiger partial charge >= 0.3 is 12.0 Å². The van der Waals surface area contributed by atoms with Crippen LogP contribution in [0.25, 0.3) is 0 Å².